The summed E-state index contributed by atoms with van der Waals surface area (Å²) in [7, 11) is 0. The Bertz CT molecular complexity index is 880. The smallest absolute Gasteiger partial charge is 0.337 e. The second-order valence-corrected chi connectivity index (χ2v) is 7.93. The van der Waals surface area contributed by atoms with Crippen LogP contribution in [0, 0.1) is 6.92 Å². The quantitative estimate of drug-likeness (QED) is 0.811. The molecule has 1 saturated heterocycles. The minimum atomic E-state index is -4.34. The van der Waals surface area contributed by atoms with Crippen molar-refractivity contribution in [2.75, 3.05) is 13.1 Å². The number of H-pyrrole nitrogens is 1. The molecule has 2 aliphatic rings. The number of aromatic nitrogens is 2. The molecule has 0 bridgehead atoms. The van der Waals surface area contributed by atoms with Crippen LogP contribution in [-0.4, -0.2) is 34.1 Å². The Hall–Kier alpha value is -2.31. The fourth-order valence-electron chi connectivity index (χ4n) is 4.44. The molecule has 0 saturated carbocycles. The third-order valence-corrected chi connectivity index (χ3v) is 5.94. The van der Waals surface area contributed by atoms with Crippen molar-refractivity contribution in [2.24, 2.45) is 0 Å². The van der Waals surface area contributed by atoms with Crippen molar-refractivity contribution < 1.29 is 18.0 Å². The second kappa shape index (κ2) is 7.26. The van der Waals surface area contributed by atoms with Crippen LogP contribution in [0.25, 0.3) is 0 Å². The third-order valence-electron chi connectivity index (χ3n) is 5.94. The molecule has 1 aromatic heterocycles. The van der Waals surface area contributed by atoms with Gasteiger partial charge in [0.25, 0.3) is 5.91 Å². The largest absolute Gasteiger partial charge is 0.416 e. The van der Waals surface area contributed by atoms with E-state index in [1.807, 2.05) is 6.07 Å². The average Bonchev–Trinajstić information content (AvgIpc) is 3.10. The monoisotopic (exact) mass is 391 g/mol. The summed E-state index contributed by atoms with van der Waals surface area (Å²) in [4.78, 5) is 14.7. The number of amides is 1. The number of halogens is 3. The fraction of sp³-hybridized carbons (Fsp3) is 0.524. The molecule has 1 fully saturated rings. The maximum atomic E-state index is 13.1. The molecule has 150 valence electrons. The van der Waals surface area contributed by atoms with E-state index >= 15 is 0 Å². The van der Waals surface area contributed by atoms with Crippen molar-refractivity contribution in [3.8, 4) is 0 Å². The van der Waals surface area contributed by atoms with E-state index in [1.54, 1.807) is 11.8 Å². The Morgan fingerprint density at radius 2 is 1.86 bits per heavy atom. The molecule has 0 atom stereocenters. The highest BCUT2D eigenvalue weighted by molar-refractivity contribution is 5.94. The zero-order chi connectivity index (χ0) is 19.9. The Morgan fingerprint density at radius 3 is 2.57 bits per heavy atom. The molecule has 4 nitrogen and oxygen atoms in total. The number of rotatable bonds is 2. The van der Waals surface area contributed by atoms with E-state index in [-0.39, 0.29) is 11.8 Å². The van der Waals surface area contributed by atoms with Crippen molar-refractivity contribution in [3.05, 3.63) is 51.8 Å². The highest BCUT2D eigenvalue weighted by Crippen LogP contribution is 2.35. The molecule has 7 heteroatoms. The number of nitrogens with one attached hydrogen (secondary N) is 1. The molecule has 4 rings (SSSR count). The highest BCUT2D eigenvalue weighted by atomic mass is 19.4. The van der Waals surface area contributed by atoms with E-state index < -0.39 is 11.7 Å². The zero-order valence-corrected chi connectivity index (χ0v) is 15.9. The van der Waals surface area contributed by atoms with E-state index in [1.165, 1.54) is 12.1 Å². The fourth-order valence-corrected chi connectivity index (χ4v) is 4.44. The van der Waals surface area contributed by atoms with Crippen LogP contribution in [-0.2, 0) is 19.0 Å². The normalized spacial score (nSPS) is 18.2. The van der Waals surface area contributed by atoms with E-state index in [0.717, 1.165) is 42.5 Å². The molecular weight excluding hydrogens is 367 g/mol. The maximum absolute atomic E-state index is 13.1. The number of alkyl halides is 3. The van der Waals surface area contributed by atoms with Crippen molar-refractivity contribution in [2.45, 2.75) is 57.5 Å². The van der Waals surface area contributed by atoms with Crippen LogP contribution >= 0.6 is 0 Å². The summed E-state index contributed by atoms with van der Waals surface area (Å²) >= 11 is 0. The molecular formula is C21H24F3N3O. The lowest BCUT2D eigenvalue weighted by molar-refractivity contribution is -0.137. The molecule has 0 spiro atoms. The average molecular weight is 391 g/mol. The number of hydrogen-bond donors (Lipinski definition) is 1. The minimum absolute atomic E-state index is 0.0400. The Balaban J connectivity index is 1.46. The minimum Gasteiger partial charge on any atom is -0.337 e. The first-order valence-electron chi connectivity index (χ1n) is 9.87. The van der Waals surface area contributed by atoms with Crippen LogP contribution in [0.1, 0.15) is 70.0 Å². The predicted octanol–water partition coefficient (Wildman–Crippen LogP) is 4.64. The molecule has 0 unspecified atom stereocenters. The van der Waals surface area contributed by atoms with E-state index in [4.69, 9.17) is 0 Å². The van der Waals surface area contributed by atoms with Crippen LogP contribution in [0.2, 0.25) is 0 Å². The number of benzene rings is 1. The van der Waals surface area contributed by atoms with Gasteiger partial charge in [0.2, 0.25) is 0 Å². The van der Waals surface area contributed by atoms with Crippen LogP contribution in [0.15, 0.2) is 18.2 Å². The Labute approximate surface area is 162 Å². The highest BCUT2D eigenvalue weighted by Gasteiger charge is 2.33. The van der Waals surface area contributed by atoms with Crippen molar-refractivity contribution in [1.29, 1.82) is 0 Å². The first kappa shape index (κ1) is 19.0. The molecule has 1 aliphatic carbocycles. The van der Waals surface area contributed by atoms with Crippen LogP contribution in [0.4, 0.5) is 13.2 Å². The number of carbonyl (C=O) groups is 1. The van der Waals surface area contributed by atoms with Gasteiger partial charge in [0.05, 0.1) is 5.56 Å². The van der Waals surface area contributed by atoms with Gasteiger partial charge in [-0.3, -0.25) is 9.89 Å². The summed E-state index contributed by atoms with van der Waals surface area (Å²) in [6, 6.07) is 4.28. The van der Waals surface area contributed by atoms with Crippen molar-refractivity contribution >= 4 is 5.91 Å². The predicted molar refractivity (Wildman–Crippen MR) is 99.3 cm³/mol. The number of aryl methyl sites for hydroxylation is 2. The summed E-state index contributed by atoms with van der Waals surface area (Å²) in [5, 5.41) is 7.26. The van der Waals surface area contributed by atoms with E-state index in [9.17, 15) is 18.0 Å². The molecule has 1 N–H and O–H groups in total. The number of piperidine rings is 1. The Kier molecular flexibility index (Phi) is 4.93. The van der Waals surface area contributed by atoms with E-state index in [2.05, 4.69) is 10.2 Å². The van der Waals surface area contributed by atoms with Crippen molar-refractivity contribution in [1.82, 2.24) is 15.1 Å². The molecule has 2 aromatic rings. The SMILES string of the molecule is Cc1cc(C2CCN(C(=O)c3n[nH]c4c3CCCC4)CC2)cc(C(F)(F)F)c1. The topological polar surface area (TPSA) is 49.0 Å². The molecule has 2 heterocycles. The molecule has 0 radical (unpaired) electrons. The third kappa shape index (κ3) is 3.66. The summed E-state index contributed by atoms with van der Waals surface area (Å²) < 4.78 is 39.3. The number of nitrogens with zero attached hydrogens (tertiary/aromatic N) is 2. The van der Waals surface area contributed by atoms with Gasteiger partial charge in [-0.15, -0.1) is 0 Å². The van der Waals surface area contributed by atoms with Gasteiger partial charge < -0.3 is 4.90 Å². The molecule has 1 aromatic carbocycles. The Morgan fingerprint density at radius 1 is 1.14 bits per heavy atom. The van der Waals surface area contributed by atoms with Gasteiger partial charge >= 0.3 is 6.18 Å². The van der Waals surface area contributed by atoms with Crippen LogP contribution in [0.3, 0.4) is 0 Å². The molecule has 1 amide bonds. The summed E-state index contributed by atoms with van der Waals surface area (Å²) in [6.07, 6.45) is 1.00. The van der Waals surface area contributed by atoms with Gasteiger partial charge in [0, 0.05) is 24.3 Å². The van der Waals surface area contributed by atoms with Gasteiger partial charge in [0.1, 0.15) is 0 Å². The maximum Gasteiger partial charge on any atom is 0.416 e. The van der Waals surface area contributed by atoms with E-state index in [0.29, 0.717) is 37.2 Å². The lowest BCUT2D eigenvalue weighted by Gasteiger charge is -2.32. The lowest BCUT2D eigenvalue weighted by Crippen LogP contribution is -2.38. The molecule has 1 aliphatic heterocycles. The number of aromatic amines is 1. The van der Waals surface area contributed by atoms with Gasteiger partial charge in [-0.1, -0.05) is 11.6 Å². The van der Waals surface area contributed by atoms with Gasteiger partial charge in [-0.05, 0) is 69.1 Å². The summed E-state index contributed by atoms with van der Waals surface area (Å²) in [5.41, 5.74) is 3.39. The zero-order valence-electron chi connectivity index (χ0n) is 15.9. The van der Waals surface area contributed by atoms with Crippen molar-refractivity contribution in [3.63, 3.8) is 0 Å². The second-order valence-electron chi connectivity index (χ2n) is 7.93. The first-order valence-corrected chi connectivity index (χ1v) is 9.87. The van der Waals surface area contributed by atoms with Crippen LogP contribution < -0.4 is 0 Å². The van der Waals surface area contributed by atoms with Crippen LogP contribution in [0.5, 0.6) is 0 Å². The lowest BCUT2D eigenvalue weighted by atomic mass is 9.87. The van der Waals surface area contributed by atoms with Gasteiger partial charge in [-0.25, -0.2) is 0 Å². The number of fused-ring (bicyclic) bond motifs is 1. The van der Waals surface area contributed by atoms with Gasteiger partial charge in [-0.2, -0.15) is 18.3 Å². The first-order chi connectivity index (χ1) is 13.3. The number of hydrogen-bond acceptors (Lipinski definition) is 2. The number of likely N-dealkylation sites (tertiary alicyclic amines) is 1. The molecule has 28 heavy (non-hydrogen) atoms. The summed E-state index contributed by atoms with van der Waals surface area (Å²) in [5.74, 6) is -0.0174. The summed E-state index contributed by atoms with van der Waals surface area (Å²) in [6.45, 7) is 2.78. The van der Waals surface area contributed by atoms with Gasteiger partial charge in [0.15, 0.2) is 5.69 Å². The number of carbonyl (C=O) groups excluding carboxylic acids is 1. The standard InChI is InChI=1S/C21H24F3N3O/c1-13-10-15(12-16(11-13)21(22,23)24)14-6-8-27(9-7-14)20(28)19-17-4-2-3-5-18(17)25-26-19/h10-12,14H,2-9H2,1H3,(H,25,26).